The van der Waals surface area contributed by atoms with Crippen molar-refractivity contribution in [1.29, 1.82) is 0 Å². The number of halogens is 1. The maximum atomic E-state index is 13.9. The summed E-state index contributed by atoms with van der Waals surface area (Å²) in [6, 6.07) is 5.29. The Kier molecular flexibility index (Phi) is 3.84. The van der Waals surface area contributed by atoms with E-state index in [1.54, 1.807) is 0 Å². The first kappa shape index (κ1) is 16.8. The highest BCUT2D eigenvalue weighted by atomic mass is 19.1. The Hall–Kier alpha value is -2.66. The maximum Gasteiger partial charge on any atom is 0.242 e. The van der Waals surface area contributed by atoms with Gasteiger partial charge in [-0.2, -0.15) is 4.98 Å². The number of aromatic nitrogens is 4. The Balaban J connectivity index is 2.02. The monoisotopic (exact) mass is 362 g/mol. The zero-order valence-electron chi connectivity index (χ0n) is 13.3. The van der Waals surface area contributed by atoms with Crippen molar-refractivity contribution in [3.8, 4) is 5.88 Å². The number of imidazole rings is 1. The van der Waals surface area contributed by atoms with E-state index in [1.165, 1.54) is 29.1 Å². The third-order valence-corrected chi connectivity index (χ3v) is 4.53. The first-order valence-electron chi connectivity index (χ1n) is 7.77. The molecule has 0 radical (unpaired) electrons. The minimum atomic E-state index is -1.82. The fourth-order valence-corrected chi connectivity index (χ4v) is 3.30. The Labute approximate surface area is 146 Å². The van der Waals surface area contributed by atoms with Gasteiger partial charge in [-0.3, -0.25) is 4.57 Å². The van der Waals surface area contributed by atoms with Crippen LogP contribution in [-0.4, -0.2) is 64.9 Å². The number of rotatable bonds is 3. The molecule has 0 spiro atoms. The first-order chi connectivity index (χ1) is 12.5. The minimum absolute atomic E-state index is 0.0426. The number of fused-ring (bicyclic) bond motifs is 1. The molecular weight excluding hydrogens is 347 g/mol. The molecule has 9 nitrogen and oxygen atoms in total. The second kappa shape index (κ2) is 5.95. The molecule has 0 saturated carbocycles. The number of ether oxygens (including phenoxy) is 1. The second-order valence-electron chi connectivity index (χ2n) is 5.97. The molecule has 4 rings (SSSR count). The average Bonchev–Trinajstić information content (AvgIpc) is 3.17. The average molecular weight is 362 g/mol. The Morgan fingerprint density at radius 3 is 2.73 bits per heavy atom. The van der Waals surface area contributed by atoms with Gasteiger partial charge in [0.05, 0.1) is 6.61 Å². The van der Waals surface area contributed by atoms with Crippen molar-refractivity contribution >= 4 is 11.2 Å². The predicted molar refractivity (Wildman–Crippen MR) is 84.4 cm³/mol. The van der Waals surface area contributed by atoms with E-state index in [2.05, 4.69) is 15.0 Å². The van der Waals surface area contributed by atoms with E-state index < -0.39 is 36.5 Å². The first-order valence-corrected chi connectivity index (χ1v) is 7.77. The van der Waals surface area contributed by atoms with E-state index in [0.29, 0.717) is 0 Å². The van der Waals surface area contributed by atoms with Crippen LogP contribution in [-0.2, 0) is 10.5 Å². The molecule has 10 heteroatoms. The lowest BCUT2D eigenvalue weighted by Crippen LogP contribution is -2.46. The zero-order chi connectivity index (χ0) is 18.5. The summed E-state index contributed by atoms with van der Waals surface area (Å²) in [5, 5.41) is 40.4. The smallest absolute Gasteiger partial charge is 0.242 e. The summed E-state index contributed by atoms with van der Waals surface area (Å²) in [5.74, 6) is -0.962. The molecule has 3 aromatic rings. The summed E-state index contributed by atoms with van der Waals surface area (Å²) >= 11 is 0. The van der Waals surface area contributed by atoms with E-state index >= 15 is 0 Å². The maximum absolute atomic E-state index is 13.9. The summed E-state index contributed by atoms with van der Waals surface area (Å²) in [4.78, 5) is 11.7. The lowest BCUT2D eigenvalue weighted by molar-refractivity contribution is -0.116. The van der Waals surface area contributed by atoms with E-state index in [4.69, 9.17) is 4.74 Å². The quantitative estimate of drug-likeness (QED) is 0.489. The van der Waals surface area contributed by atoms with Gasteiger partial charge in [-0.25, -0.2) is 14.4 Å². The van der Waals surface area contributed by atoms with E-state index in [0.717, 1.165) is 12.4 Å². The number of aliphatic hydroxyl groups excluding tert-OH is 3. The van der Waals surface area contributed by atoms with Crippen LogP contribution in [0.3, 0.4) is 0 Å². The van der Waals surface area contributed by atoms with Gasteiger partial charge in [0.15, 0.2) is 11.2 Å². The van der Waals surface area contributed by atoms with Gasteiger partial charge in [-0.1, -0.05) is 12.1 Å². The van der Waals surface area contributed by atoms with Crippen molar-refractivity contribution in [3.63, 3.8) is 0 Å². The molecule has 1 aliphatic heterocycles. The van der Waals surface area contributed by atoms with Crippen LogP contribution in [0.25, 0.3) is 11.2 Å². The topological polar surface area (TPSA) is 134 Å². The molecule has 2 aromatic heterocycles. The summed E-state index contributed by atoms with van der Waals surface area (Å²) in [5.41, 5.74) is -1.49. The van der Waals surface area contributed by atoms with E-state index in [9.17, 15) is 24.8 Å². The number of aliphatic hydroxyl groups is 3. The standard InChI is InChI=1S/C16H15FN4O5/c17-9-3-1-2-8(4-9)16(13(24)12(23)10(5-22)26-16)21-7-20-11-14(21)18-6-19-15(11)25/h1-4,6-7,10,12-13,22-24H,5H2,(H,18,19,25)/t10-,12-,13-,16-/m1/s1. The van der Waals surface area contributed by atoms with Crippen LogP contribution in [0.5, 0.6) is 5.88 Å². The molecule has 1 aliphatic rings. The van der Waals surface area contributed by atoms with Gasteiger partial charge in [0.2, 0.25) is 11.6 Å². The van der Waals surface area contributed by atoms with Crippen molar-refractivity contribution < 1.29 is 29.6 Å². The van der Waals surface area contributed by atoms with E-state index in [1.807, 2.05) is 0 Å². The molecule has 3 heterocycles. The van der Waals surface area contributed by atoms with E-state index in [-0.39, 0.29) is 22.6 Å². The third kappa shape index (κ3) is 2.20. The molecule has 0 amide bonds. The molecular formula is C16H15FN4O5. The van der Waals surface area contributed by atoms with Crippen molar-refractivity contribution in [3.05, 3.63) is 48.3 Å². The van der Waals surface area contributed by atoms with Crippen molar-refractivity contribution in [2.75, 3.05) is 6.61 Å². The molecule has 26 heavy (non-hydrogen) atoms. The van der Waals surface area contributed by atoms with Crippen LogP contribution in [0.2, 0.25) is 0 Å². The number of hydrogen-bond donors (Lipinski definition) is 4. The normalized spacial score (nSPS) is 28.7. The summed E-state index contributed by atoms with van der Waals surface area (Å²) in [7, 11) is 0. The van der Waals surface area contributed by atoms with Crippen molar-refractivity contribution in [1.82, 2.24) is 19.5 Å². The summed E-state index contributed by atoms with van der Waals surface area (Å²) in [6.07, 6.45) is -1.82. The number of benzene rings is 1. The minimum Gasteiger partial charge on any atom is -0.492 e. The highest BCUT2D eigenvalue weighted by Gasteiger charge is 2.57. The fraction of sp³-hybridized carbons (Fsp3) is 0.312. The van der Waals surface area contributed by atoms with Crippen LogP contribution in [0.15, 0.2) is 36.9 Å². The molecule has 0 unspecified atom stereocenters. The van der Waals surface area contributed by atoms with Crippen molar-refractivity contribution in [2.24, 2.45) is 0 Å². The lowest BCUT2D eigenvalue weighted by atomic mass is 9.94. The highest BCUT2D eigenvalue weighted by molar-refractivity contribution is 5.76. The summed E-state index contributed by atoms with van der Waals surface area (Å²) in [6.45, 7) is -0.567. The zero-order valence-corrected chi connectivity index (χ0v) is 13.3. The van der Waals surface area contributed by atoms with Crippen LogP contribution in [0.4, 0.5) is 4.39 Å². The second-order valence-corrected chi connectivity index (χ2v) is 5.97. The van der Waals surface area contributed by atoms with Gasteiger partial charge in [0.25, 0.3) is 0 Å². The molecule has 0 aliphatic carbocycles. The fourth-order valence-electron chi connectivity index (χ4n) is 3.30. The number of aromatic hydroxyl groups is 1. The van der Waals surface area contributed by atoms with Crippen LogP contribution < -0.4 is 0 Å². The largest absolute Gasteiger partial charge is 0.492 e. The Bertz CT molecular complexity index is 967. The van der Waals surface area contributed by atoms with Crippen LogP contribution in [0.1, 0.15) is 5.56 Å². The van der Waals surface area contributed by atoms with Crippen molar-refractivity contribution in [2.45, 2.75) is 24.0 Å². The van der Waals surface area contributed by atoms with Gasteiger partial charge >= 0.3 is 0 Å². The molecule has 136 valence electrons. The van der Waals surface area contributed by atoms with Crippen LogP contribution in [0, 0.1) is 5.82 Å². The molecule has 1 fully saturated rings. The predicted octanol–water partition coefficient (Wildman–Crippen LogP) is -0.515. The molecule has 4 atom stereocenters. The lowest BCUT2D eigenvalue weighted by Gasteiger charge is -2.34. The SMILES string of the molecule is OC[C@H]1O[C@@](c2cccc(F)c2)(n2cnc3c(O)ncnc32)[C@H](O)[C@@H]1O. The number of nitrogens with zero attached hydrogens (tertiary/aromatic N) is 4. The van der Waals surface area contributed by atoms with Gasteiger partial charge in [0, 0.05) is 5.56 Å². The van der Waals surface area contributed by atoms with Crippen LogP contribution >= 0.6 is 0 Å². The van der Waals surface area contributed by atoms with Gasteiger partial charge in [-0.15, -0.1) is 0 Å². The molecule has 1 saturated heterocycles. The molecule has 0 bridgehead atoms. The van der Waals surface area contributed by atoms with Gasteiger partial charge in [0.1, 0.15) is 36.8 Å². The Morgan fingerprint density at radius 1 is 1.23 bits per heavy atom. The third-order valence-electron chi connectivity index (χ3n) is 4.53. The molecule has 4 N–H and O–H groups in total. The summed E-state index contributed by atoms with van der Waals surface area (Å²) < 4.78 is 21.0. The Morgan fingerprint density at radius 2 is 2.04 bits per heavy atom. The van der Waals surface area contributed by atoms with Gasteiger partial charge < -0.3 is 25.2 Å². The van der Waals surface area contributed by atoms with Gasteiger partial charge in [-0.05, 0) is 12.1 Å². The highest BCUT2D eigenvalue weighted by Crippen LogP contribution is 2.43. The number of hydrogen-bond acceptors (Lipinski definition) is 8. The molecule has 1 aromatic carbocycles.